The molecule has 5 heteroatoms. The Morgan fingerprint density at radius 3 is 2.57 bits per heavy atom. The highest BCUT2D eigenvalue weighted by Crippen LogP contribution is 2.30. The zero-order valence-electron chi connectivity index (χ0n) is 8.40. The molecule has 0 fully saturated rings. The minimum absolute atomic E-state index is 0.546. The second kappa shape index (κ2) is 2.87. The van der Waals surface area contributed by atoms with E-state index in [4.69, 9.17) is 10.3 Å². The van der Waals surface area contributed by atoms with E-state index in [-0.39, 0.29) is 0 Å². The van der Waals surface area contributed by atoms with Crippen LogP contribution >= 0.6 is 0 Å². The molecule has 14 heavy (non-hydrogen) atoms. The second-order valence-corrected chi connectivity index (χ2v) is 3.28. The largest absolute Gasteiger partial charge is 0.394 e. The third kappa shape index (κ3) is 1.09. The molecule has 2 aromatic rings. The predicted molar refractivity (Wildman–Crippen MR) is 52.6 cm³/mol. The van der Waals surface area contributed by atoms with Crippen LogP contribution in [0.1, 0.15) is 11.4 Å². The Bertz CT molecular complexity index is 469. The van der Waals surface area contributed by atoms with Crippen LogP contribution in [0.5, 0.6) is 0 Å². The third-order valence-corrected chi connectivity index (χ3v) is 2.33. The average Bonchev–Trinajstić information content (AvgIpc) is 2.60. The number of nitrogens with zero attached hydrogens (tertiary/aromatic N) is 3. The molecule has 0 amide bonds. The zero-order valence-corrected chi connectivity index (χ0v) is 8.40. The van der Waals surface area contributed by atoms with Gasteiger partial charge in [-0.2, -0.15) is 5.10 Å². The van der Waals surface area contributed by atoms with Crippen molar-refractivity contribution < 1.29 is 4.52 Å². The van der Waals surface area contributed by atoms with Gasteiger partial charge in [-0.15, -0.1) is 0 Å². The highest BCUT2D eigenvalue weighted by molar-refractivity contribution is 5.73. The molecule has 0 aliphatic heterocycles. The van der Waals surface area contributed by atoms with Crippen molar-refractivity contribution in [3.05, 3.63) is 17.6 Å². The standard InChI is InChI=1S/C9H12N4O/c1-5-8(6(2)13(3)12-5)9-7(10)4-11-14-9/h4H,10H2,1-3H3. The lowest BCUT2D eigenvalue weighted by Gasteiger charge is -1.97. The summed E-state index contributed by atoms with van der Waals surface area (Å²) in [5.74, 6) is 0.605. The van der Waals surface area contributed by atoms with Gasteiger partial charge in [-0.05, 0) is 13.8 Å². The maximum absolute atomic E-state index is 5.73. The van der Waals surface area contributed by atoms with Crippen molar-refractivity contribution in [3.63, 3.8) is 0 Å². The topological polar surface area (TPSA) is 69.9 Å². The van der Waals surface area contributed by atoms with E-state index in [9.17, 15) is 0 Å². The first-order valence-corrected chi connectivity index (χ1v) is 4.32. The molecular weight excluding hydrogens is 180 g/mol. The number of hydrogen-bond acceptors (Lipinski definition) is 4. The van der Waals surface area contributed by atoms with Gasteiger partial charge in [0.15, 0.2) is 5.76 Å². The molecule has 0 unspecified atom stereocenters. The lowest BCUT2D eigenvalue weighted by molar-refractivity contribution is 0.432. The van der Waals surface area contributed by atoms with Gasteiger partial charge in [0.1, 0.15) is 5.69 Å². The van der Waals surface area contributed by atoms with Crippen molar-refractivity contribution in [1.29, 1.82) is 0 Å². The minimum Gasteiger partial charge on any atom is -0.394 e. The van der Waals surface area contributed by atoms with Gasteiger partial charge in [-0.3, -0.25) is 4.68 Å². The molecule has 0 aliphatic carbocycles. The number of nitrogens with two attached hydrogens (primary N) is 1. The fourth-order valence-corrected chi connectivity index (χ4v) is 1.54. The van der Waals surface area contributed by atoms with E-state index >= 15 is 0 Å². The Hall–Kier alpha value is -1.78. The first kappa shape index (κ1) is 8.80. The summed E-state index contributed by atoms with van der Waals surface area (Å²) in [5.41, 5.74) is 9.12. The van der Waals surface area contributed by atoms with Crippen molar-refractivity contribution in [2.75, 3.05) is 5.73 Å². The molecule has 2 rings (SSSR count). The Balaban J connectivity index is 2.68. The van der Waals surface area contributed by atoms with E-state index in [0.717, 1.165) is 17.0 Å². The summed E-state index contributed by atoms with van der Waals surface area (Å²) in [6, 6.07) is 0. The molecule has 2 N–H and O–H groups in total. The molecule has 0 saturated carbocycles. The van der Waals surface area contributed by atoms with Crippen LogP contribution in [-0.2, 0) is 7.05 Å². The monoisotopic (exact) mass is 192 g/mol. The van der Waals surface area contributed by atoms with Gasteiger partial charge in [0, 0.05) is 12.7 Å². The molecule has 0 spiro atoms. The van der Waals surface area contributed by atoms with Crippen molar-refractivity contribution in [3.8, 4) is 11.3 Å². The van der Waals surface area contributed by atoms with Gasteiger partial charge in [-0.1, -0.05) is 5.16 Å². The van der Waals surface area contributed by atoms with Crippen LogP contribution in [0, 0.1) is 13.8 Å². The molecule has 5 nitrogen and oxygen atoms in total. The van der Waals surface area contributed by atoms with Crippen LogP contribution < -0.4 is 5.73 Å². The number of nitrogen functional groups attached to an aromatic ring is 1. The highest BCUT2D eigenvalue weighted by atomic mass is 16.5. The summed E-state index contributed by atoms with van der Waals surface area (Å²) >= 11 is 0. The van der Waals surface area contributed by atoms with Crippen molar-refractivity contribution in [2.24, 2.45) is 7.05 Å². The van der Waals surface area contributed by atoms with Crippen molar-refractivity contribution in [1.82, 2.24) is 14.9 Å². The number of hydrogen-bond donors (Lipinski definition) is 1. The lowest BCUT2D eigenvalue weighted by Crippen LogP contribution is -1.93. The first-order valence-electron chi connectivity index (χ1n) is 4.32. The normalized spacial score (nSPS) is 10.8. The maximum atomic E-state index is 5.73. The van der Waals surface area contributed by atoms with Crippen molar-refractivity contribution >= 4 is 5.69 Å². The van der Waals surface area contributed by atoms with E-state index in [1.807, 2.05) is 20.9 Å². The van der Waals surface area contributed by atoms with E-state index in [0.29, 0.717) is 11.4 Å². The summed E-state index contributed by atoms with van der Waals surface area (Å²) in [5, 5.41) is 7.93. The molecule has 0 saturated heterocycles. The number of aryl methyl sites for hydroxylation is 2. The molecule has 0 aliphatic rings. The second-order valence-electron chi connectivity index (χ2n) is 3.28. The number of rotatable bonds is 1. The molecular formula is C9H12N4O. The Labute approximate surface area is 81.5 Å². The van der Waals surface area contributed by atoms with Gasteiger partial charge in [-0.25, -0.2) is 0 Å². The molecule has 2 heterocycles. The van der Waals surface area contributed by atoms with Crippen LogP contribution in [0.25, 0.3) is 11.3 Å². The number of anilines is 1. The summed E-state index contributed by atoms with van der Waals surface area (Å²) in [6.45, 7) is 3.89. The van der Waals surface area contributed by atoms with Crippen LogP contribution in [0.15, 0.2) is 10.7 Å². The Kier molecular flexibility index (Phi) is 1.80. The quantitative estimate of drug-likeness (QED) is 0.738. The number of aromatic nitrogens is 3. The highest BCUT2D eigenvalue weighted by Gasteiger charge is 2.17. The van der Waals surface area contributed by atoms with Crippen LogP contribution in [0.2, 0.25) is 0 Å². The van der Waals surface area contributed by atoms with Gasteiger partial charge in [0.25, 0.3) is 0 Å². The first-order chi connectivity index (χ1) is 6.61. The summed E-state index contributed by atoms with van der Waals surface area (Å²) < 4.78 is 6.90. The van der Waals surface area contributed by atoms with Crippen LogP contribution in [0.4, 0.5) is 5.69 Å². The van der Waals surface area contributed by atoms with Gasteiger partial charge < -0.3 is 10.3 Å². The minimum atomic E-state index is 0.546. The Morgan fingerprint density at radius 1 is 1.43 bits per heavy atom. The summed E-state index contributed by atoms with van der Waals surface area (Å²) in [6.07, 6.45) is 1.50. The molecule has 74 valence electrons. The molecule has 2 aromatic heterocycles. The van der Waals surface area contributed by atoms with Gasteiger partial charge in [0.05, 0.1) is 17.5 Å². The smallest absolute Gasteiger partial charge is 0.193 e. The van der Waals surface area contributed by atoms with Gasteiger partial charge in [0.2, 0.25) is 0 Å². The predicted octanol–water partition coefficient (Wildman–Crippen LogP) is 1.27. The van der Waals surface area contributed by atoms with Crippen LogP contribution in [0.3, 0.4) is 0 Å². The molecule has 0 atom stereocenters. The third-order valence-electron chi connectivity index (χ3n) is 2.33. The zero-order chi connectivity index (χ0) is 10.3. The fraction of sp³-hybridized carbons (Fsp3) is 0.333. The molecule has 0 bridgehead atoms. The van der Waals surface area contributed by atoms with Gasteiger partial charge >= 0.3 is 0 Å². The summed E-state index contributed by atoms with van der Waals surface area (Å²) in [4.78, 5) is 0. The molecule has 0 aromatic carbocycles. The maximum Gasteiger partial charge on any atom is 0.193 e. The molecule has 0 radical (unpaired) electrons. The van der Waals surface area contributed by atoms with E-state index in [1.165, 1.54) is 6.20 Å². The van der Waals surface area contributed by atoms with Crippen molar-refractivity contribution in [2.45, 2.75) is 13.8 Å². The fourth-order valence-electron chi connectivity index (χ4n) is 1.54. The van der Waals surface area contributed by atoms with E-state index in [2.05, 4.69) is 10.3 Å². The average molecular weight is 192 g/mol. The van der Waals surface area contributed by atoms with E-state index < -0.39 is 0 Å². The van der Waals surface area contributed by atoms with E-state index in [1.54, 1.807) is 4.68 Å². The Morgan fingerprint density at radius 2 is 2.14 bits per heavy atom. The lowest BCUT2D eigenvalue weighted by atomic mass is 10.1. The SMILES string of the molecule is Cc1nn(C)c(C)c1-c1oncc1N. The summed E-state index contributed by atoms with van der Waals surface area (Å²) in [7, 11) is 1.89. The van der Waals surface area contributed by atoms with Crippen LogP contribution in [-0.4, -0.2) is 14.9 Å².